The molecule has 4 aliphatic rings. The van der Waals surface area contributed by atoms with Gasteiger partial charge in [-0.05, 0) is 38.0 Å². The first-order chi connectivity index (χ1) is 13.6. The van der Waals surface area contributed by atoms with Gasteiger partial charge in [0.25, 0.3) is 0 Å². The molecule has 0 aromatic heterocycles. The second kappa shape index (κ2) is 8.60. The maximum Gasteiger partial charge on any atom is 0.243 e. The van der Waals surface area contributed by atoms with Crippen molar-refractivity contribution in [3.8, 4) is 0 Å². The molecule has 3 saturated carbocycles. The Morgan fingerprint density at radius 1 is 1.11 bits per heavy atom. The molecule has 0 aromatic rings. The lowest BCUT2D eigenvalue weighted by atomic mass is 9.54. The van der Waals surface area contributed by atoms with Gasteiger partial charge in [0, 0.05) is 44.6 Å². The van der Waals surface area contributed by atoms with Gasteiger partial charge in [0.2, 0.25) is 5.91 Å². The Hall–Kier alpha value is -1.30. The number of rotatable bonds is 5. The van der Waals surface area contributed by atoms with E-state index in [4.69, 9.17) is 4.74 Å². The number of hydrogen-bond acceptors (Lipinski definition) is 3. The largest absolute Gasteiger partial charge is 0.377 e. The lowest BCUT2D eigenvalue weighted by molar-refractivity contribution is -0.127. The van der Waals surface area contributed by atoms with Gasteiger partial charge in [0.15, 0.2) is 5.96 Å². The molecule has 0 radical (unpaired) electrons. The van der Waals surface area contributed by atoms with Crippen LogP contribution < -0.4 is 10.6 Å². The Morgan fingerprint density at radius 2 is 1.86 bits per heavy atom. The molecular formula is C22H38N4O2. The number of ether oxygens (including phenoxy) is 1. The molecule has 3 aliphatic carbocycles. The summed E-state index contributed by atoms with van der Waals surface area (Å²) in [4.78, 5) is 18.4. The number of aliphatic imine (C=N–C) groups is 1. The highest BCUT2D eigenvalue weighted by molar-refractivity contribution is 5.85. The lowest BCUT2D eigenvalue weighted by Crippen LogP contribution is -2.69. The fourth-order valence-electron chi connectivity index (χ4n) is 6.12. The van der Waals surface area contributed by atoms with Gasteiger partial charge in [0.1, 0.15) is 6.54 Å². The third-order valence-corrected chi connectivity index (χ3v) is 7.73. The van der Waals surface area contributed by atoms with Crippen LogP contribution in [-0.2, 0) is 9.53 Å². The lowest BCUT2D eigenvalue weighted by Gasteiger charge is -2.57. The number of amides is 1. The van der Waals surface area contributed by atoms with Crippen LogP contribution in [0.2, 0.25) is 0 Å². The number of guanidine groups is 1. The topological polar surface area (TPSA) is 66.0 Å². The van der Waals surface area contributed by atoms with Crippen molar-refractivity contribution in [3.63, 3.8) is 0 Å². The summed E-state index contributed by atoms with van der Waals surface area (Å²) in [6, 6.07) is 0.439. The van der Waals surface area contributed by atoms with Crippen molar-refractivity contribution in [2.45, 2.75) is 76.4 Å². The molecule has 4 fully saturated rings. The number of nitrogens with zero attached hydrogens (tertiary/aromatic N) is 2. The second-order valence-electron chi connectivity index (χ2n) is 9.64. The van der Waals surface area contributed by atoms with E-state index in [9.17, 15) is 4.79 Å². The molecule has 4 rings (SSSR count). The summed E-state index contributed by atoms with van der Waals surface area (Å²) >= 11 is 0. The summed E-state index contributed by atoms with van der Waals surface area (Å²) in [5, 5.41) is 7.38. The molecule has 0 aromatic carbocycles. The standard InChI is InChI=1S/C22H38N4O2/c1-26(2)18(27)15-24-21(23-14-16-8-4-3-5-9-16)25-19-17-10-13-28-20(17)22(19)11-6-7-12-22/h16-17,19-20H,3-15H2,1-2H3,(H2,23,24,25). The first-order valence-corrected chi connectivity index (χ1v) is 11.5. The van der Waals surface area contributed by atoms with E-state index in [0.29, 0.717) is 23.5 Å². The third-order valence-electron chi connectivity index (χ3n) is 7.73. The third kappa shape index (κ3) is 3.89. The van der Waals surface area contributed by atoms with Gasteiger partial charge in [-0.2, -0.15) is 0 Å². The monoisotopic (exact) mass is 390 g/mol. The Kier molecular flexibility index (Phi) is 6.14. The molecule has 1 aliphatic heterocycles. The summed E-state index contributed by atoms with van der Waals surface area (Å²) in [6.07, 6.45) is 13.4. The summed E-state index contributed by atoms with van der Waals surface area (Å²) < 4.78 is 6.13. The van der Waals surface area contributed by atoms with Gasteiger partial charge in [-0.3, -0.25) is 4.79 Å². The molecule has 3 unspecified atom stereocenters. The highest BCUT2D eigenvalue weighted by atomic mass is 16.5. The first kappa shape index (κ1) is 20.0. The first-order valence-electron chi connectivity index (χ1n) is 11.5. The molecule has 3 atom stereocenters. The quantitative estimate of drug-likeness (QED) is 0.559. The smallest absolute Gasteiger partial charge is 0.243 e. The zero-order chi connectivity index (χ0) is 19.6. The van der Waals surface area contributed by atoms with Crippen molar-refractivity contribution in [3.05, 3.63) is 0 Å². The van der Waals surface area contributed by atoms with Crippen LogP contribution in [0.1, 0.15) is 64.2 Å². The molecule has 1 saturated heterocycles. The number of hydrogen-bond donors (Lipinski definition) is 2. The molecule has 1 heterocycles. The van der Waals surface area contributed by atoms with Crippen molar-refractivity contribution in [2.75, 3.05) is 33.8 Å². The number of fused-ring (bicyclic) bond motifs is 2. The van der Waals surface area contributed by atoms with Crippen molar-refractivity contribution in [2.24, 2.45) is 22.2 Å². The van der Waals surface area contributed by atoms with Crippen LogP contribution in [0, 0.1) is 17.3 Å². The Bertz CT molecular complexity index is 579. The van der Waals surface area contributed by atoms with Crippen molar-refractivity contribution >= 4 is 11.9 Å². The highest BCUT2D eigenvalue weighted by Gasteiger charge is 2.65. The fourth-order valence-corrected chi connectivity index (χ4v) is 6.12. The Balaban J connectivity index is 1.43. The maximum atomic E-state index is 12.1. The van der Waals surface area contributed by atoms with Gasteiger partial charge >= 0.3 is 0 Å². The minimum atomic E-state index is 0.0463. The summed E-state index contributed by atoms with van der Waals surface area (Å²) in [6.45, 7) is 2.07. The van der Waals surface area contributed by atoms with Gasteiger partial charge in [-0.25, -0.2) is 4.99 Å². The summed E-state index contributed by atoms with van der Waals surface area (Å²) in [5.74, 6) is 2.21. The van der Waals surface area contributed by atoms with E-state index in [1.165, 1.54) is 57.8 Å². The van der Waals surface area contributed by atoms with Gasteiger partial charge in [-0.15, -0.1) is 0 Å². The van der Waals surface area contributed by atoms with Crippen molar-refractivity contribution in [1.29, 1.82) is 0 Å². The van der Waals surface area contributed by atoms with E-state index in [-0.39, 0.29) is 12.5 Å². The fraction of sp³-hybridized carbons (Fsp3) is 0.909. The maximum absolute atomic E-state index is 12.1. The van der Waals surface area contributed by atoms with E-state index in [2.05, 4.69) is 15.6 Å². The molecule has 1 spiro atoms. The molecule has 28 heavy (non-hydrogen) atoms. The van der Waals surface area contributed by atoms with E-state index >= 15 is 0 Å². The SMILES string of the molecule is CN(C)C(=O)CN=C(NCC1CCCCC1)NC1C2CCOC2C12CCCC2. The Labute approximate surface area is 169 Å². The molecule has 1 amide bonds. The van der Waals surface area contributed by atoms with Gasteiger partial charge in [-0.1, -0.05) is 32.1 Å². The van der Waals surface area contributed by atoms with Crippen LogP contribution in [0.25, 0.3) is 0 Å². The molecule has 0 bridgehead atoms. The molecular weight excluding hydrogens is 352 g/mol. The van der Waals surface area contributed by atoms with Crippen LogP contribution in [0.3, 0.4) is 0 Å². The van der Waals surface area contributed by atoms with Crippen LogP contribution in [0.4, 0.5) is 0 Å². The molecule has 6 heteroatoms. The van der Waals surface area contributed by atoms with Gasteiger partial charge in [0.05, 0.1) is 6.10 Å². The van der Waals surface area contributed by atoms with Crippen molar-refractivity contribution < 1.29 is 9.53 Å². The Morgan fingerprint density at radius 3 is 2.57 bits per heavy atom. The molecule has 6 nitrogen and oxygen atoms in total. The van der Waals surface area contributed by atoms with Crippen molar-refractivity contribution in [1.82, 2.24) is 15.5 Å². The summed E-state index contributed by atoms with van der Waals surface area (Å²) in [7, 11) is 3.58. The number of carbonyl (C=O) groups excluding carboxylic acids is 1. The van der Waals surface area contributed by atoms with Crippen LogP contribution in [-0.4, -0.2) is 62.7 Å². The van der Waals surface area contributed by atoms with E-state index < -0.39 is 0 Å². The predicted molar refractivity (Wildman–Crippen MR) is 111 cm³/mol. The van der Waals surface area contributed by atoms with Crippen LogP contribution >= 0.6 is 0 Å². The molecule has 158 valence electrons. The second-order valence-corrected chi connectivity index (χ2v) is 9.64. The number of likely N-dealkylation sites (N-methyl/N-ethyl adjacent to an activating group) is 1. The number of carbonyl (C=O) groups is 1. The minimum Gasteiger partial charge on any atom is -0.377 e. The summed E-state index contributed by atoms with van der Waals surface area (Å²) in [5.41, 5.74) is 0.292. The highest BCUT2D eigenvalue weighted by Crippen LogP contribution is 2.60. The minimum absolute atomic E-state index is 0.0463. The normalized spacial score (nSPS) is 32.1. The average molecular weight is 391 g/mol. The predicted octanol–water partition coefficient (Wildman–Crippen LogP) is 2.54. The van der Waals surface area contributed by atoms with Crippen LogP contribution in [0.15, 0.2) is 4.99 Å². The zero-order valence-electron chi connectivity index (χ0n) is 17.7. The van der Waals surface area contributed by atoms with Crippen LogP contribution in [0.5, 0.6) is 0 Å². The number of nitrogens with one attached hydrogen (secondary N) is 2. The average Bonchev–Trinajstić information content (AvgIpc) is 3.36. The van der Waals surface area contributed by atoms with Gasteiger partial charge < -0.3 is 20.3 Å². The van der Waals surface area contributed by atoms with E-state index in [0.717, 1.165) is 31.4 Å². The zero-order valence-corrected chi connectivity index (χ0v) is 17.7. The van der Waals surface area contributed by atoms with E-state index in [1.54, 1.807) is 19.0 Å². The molecule has 2 N–H and O–H groups in total. The van der Waals surface area contributed by atoms with E-state index in [1.807, 2.05) is 0 Å².